The molecule has 0 bridgehead atoms. The Morgan fingerprint density at radius 3 is 2.74 bits per heavy atom. The van der Waals surface area contributed by atoms with Crippen LogP contribution in [-0.2, 0) is 20.7 Å². The van der Waals surface area contributed by atoms with Crippen molar-refractivity contribution >= 4 is 17.4 Å². The van der Waals surface area contributed by atoms with Gasteiger partial charge in [-0.05, 0) is 54.8 Å². The van der Waals surface area contributed by atoms with Gasteiger partial charge >= 0.3 is 0 Å². The van der Waals surface area contributed by atoms with E-state index in [1.807, 2.05) is 37.3 Å². The molecule has 4 rings (SSSR count). The van der Waals surface area contributed by atoms with Crippen LogP contribution in [-0.4, -0.2) is 54.7 Å². The number of hydrogen-bond donors (Lipinski definition) is 1. The van der Waals surface area contributed by atoms with Gasteiger partial charge in [-0.1, -0.05) is 31.9 Å². The minimum atomic E-state index is -0.743. The Morgan fingerprint density at radius 1 is 1.14 bits per heavy atom. The number of fused-ring (bicyclic) bond motifs is 1. The predicted molar refractivity (Wildman–Crippen MR) is 133 cm³/mol. The lowest BCUT2D eigenvalue weighted by Gasteiger charge is -2.25. The van der Waals surface area contributed by atoms with Gasteiger partial charge in [0.1, 0.15) is 23.4 Å². The molecule has 1 fully saturated rings. The van der Waals surface area contributed by atoms with Crippen molar-refractivity contribution in [3.8, 4) is 11.5 Å². The monoisotopic (exact) mass is 479 g/mol. The molecule has 0 radical (unpaired) electrons. The van der Waals surface area contributed by atoms with Crippen molar-refractivity contribution < 1.29 is 28.9 Å². The van der Waals surface area contributed by atoms with E-state index in [1.54, 1.807) is 19.2 Å². The molecule has 0 spiro atoms. The van der Waals surface area contributed by atoms with Crippen LogP contribution < -0.4 is 9.47 Å². The lowest BCUT2D eigenvalue weighted by atomic mass is 9.94. The first-order chi connectivity index (χ1) is 16.9. The summed E-state index contributed by atoms with van der Waals surface area (Å²) in [7, 11) is 1.55. The van der Waals surface area contributed by atoms with Gasteiger partial charge in [0.25, 0.3) is 11.7 Å². The maximum atomic E-state index is 13.2. The summed E-state index contributed by atoms with van der Waals surface area (Å²) in [5.74, 6) is -0.104. The van der Waals surface area contributed by atoms with Crippen LogP contribution in [0, 0.1) is 0 Å². The Bertz CT molecular complexity index is 1120. The van der Waals surface area contributed by atoms with Crippen LogP contribution >= 0.6 is 0 Å². The lowest BCUT2D eigenvalue weighted by Crippen LogP contribution is -2.32. The quantitative estimate of drug-likeness (QED) is 0.231. The van der Waals surface area contributed by atoms with Gasteiger partial charge in [0.05, 0.1) is 24.8 Å². The van der Waals surface area contributed by atoms with Crippen molar-refractivity contribution in [3.05, 3.63) is 64.7 Å². The van der Waals surface area contributed by atoms with Crippen molar-refractivity contribution in [1.82, 2.24) is 4.90 Å². The van der Waals surface area contributed by atoms with Gasteiger partial charge in [0.2, 0.25) is 0 Å². The average Bonchev–Trinajstić information content (AvgIpc) is 3.35. The van der Waals surface area contributed by atoms with Crippen LogP contribution in [0.2, 0.25) is 0 Å². The van der Waals surface area contributed by atoms with Gasteiger partial charge in [-0.3, -0.25) is 9.59 Å². The number of ether oxygens (including phenoxy) is 3. The van der Waals surface area contributed by atoms with Crippen LogP contribution in [0.4, 0.5) is 0 Å². The molecule has 0 saturated carbocycles. The van der Waals surface area contributed by atoms with Crippen molar-refractivity contribution in [2.24, 2.45) is 0 Å². The summed E-state index contributed by atoms with van der Waals surface area (Å²) in [5, 5.41) is 11.3. The Hall–Kier alpha value is -3.32. The smallest absolute Gasteiger partial charge is 0.295 e. The van der Waals surface area contributed by atoms with Crippen LogP contribution in [0.5, 0.6) is 11.5 Å². The number of nitrogens with zero attached hydrogens (tertiary/aromatic N) is 1. The van der Waals surface area contributed by atoms with E-state index in [-0.39, 0.29) is 30.6 Å². The highest BCUT2D eigenvalue weighted by Gasteiger charge is 2.46. The Kier molecular flexibility index (Phi) is 7.76. The highest BCUT2D eigenvalue weighted by Crippen LogP contribution is 2.41. The summed E-state index contributed by atoms with van der Waals surface area (Å²) in [6.45, 7) is 5.21. The first-order valence-corrected chi connectivity index (χ1v) is 12.2. The van der Waals surface area contributed by atoms with Gasteiger partial charge < -0.3 is 24.2 Å². The van der Waals surface area contributed by atoms with Gasteiger partial charge in [-0.15, -0.1) is 0 Å². The molecular weight excluding hydrogens is 446 g/mol. The van der Waals surface area contributed by atoms with Crippen molar-refractivity contribution in [3.63, 3.8) is 0 Å². The Morgan fingerprint density at radius 2 is 1.97 bits per heavy atom. The van der Waals surface area contributed by atoms with Gasteiger partial charge in [-0.25, -0.2) is 0 Å². The molecule has 0 unspecified atom stereocenters. The molecule has 1 N–H and O–H groups in total. The third-order valence-corrected chi connectivity index (χ3v) is 6.44. The topological polar surface area (TPSA) is 85.3 Å². The molecular formula is C28H33NO6. The number of carbonyl (C=O) groups excluding carboxylic acids is 2. The predicted octanol–water partition coefficient (Wildman–Crippen LogP) is 4.65. The number of likely N-dealkylation sites (tertiary alicyclic amines) is 1. The van der Waals surface area contributed by atoms with Gasteiger partial charge in [0, 0.05) is 25.6 Å². The first-order valence-electron chi connectivity index (χ1n) is 12.2. The van der Waals surface area contributed by atoms with E-state index in [1.165, 1.54) is 4.90 Å². The van der Waals surface area contributed by atoms with Gasteiger partial charge in [0.15, 0.2) is 0 Å². The maximum Gasteiger partial charge on any atom is 0.295 e. The summed E-state index contributed by atoms with van der Waals surface area (Å²) < 4.78 is 16.9. The molecule has 2 aromatic carbocycles. The highest BCUT2D eigenvalue weighted by molar-refractivity contribution is 6.46. The second kappa shape index (κ2) is 11.0. The molecule has 7 nitrogen and oxygen atoms in total. The summed E-state index contributed by atoms with van der Waals surface area (Å²) >= 11 is 0. The second-order valence-electron chi connectivity index (χ2n) is 9.07. The van der Waals surface area contributed by atoms with Crippen LogP contribution in [0.1, 0.15) is 55.8 Å². The normalized spacial score (nSPS) is 20.7. The SMILES string of the molecule is CCCCCOc1cccc([C@H]2/C(=C(\O)c3ccc4c(c3)C[C@@H](C)O4)C(=O)C(=O)N2CCOC)c1. The number of carbonyl (C=O) groups is 2. The summed E-state index contributed by atoms with van der Waals surface area (Å²) in [4.78, 5) is 27.7. The zero-order chi connectivity index (χ0) is 24.9. The van der Waals surface area contributed by atoms with Crippen LogP contribution in [0.3, 0.4) is 0 Å². The number of amides is 1. The van der Waals surface area contributed by atoms with Gasteiger partial charge in [-0.2, -0.15) is 0 Å². The van der Waals surface area contributed by atoms with E-state index in [4.69, 9.17) is 14.2 Å². The van der Waals surface area contributed by atoms with Crippen molar-refractivity contribution in [1.29, 1.82) is 0 Å². The zero-order valence-electron chi connectivity index (χ0n) is 20.6. The van der Waals surface area contributed by atoms with E-state index < -0.39 is 17.7 Å². The fraction of sp³-hybridized carbons (Fsp3) is 0.429. The molecule has 2 aliphatic rings. The summed E-state index contributed by atoms with van der Waals surface area (Å²) in [6, 6.07) is 12.0. The van der Waals surface area contributed by atoms with E-state index in [0.717, 1.165) is 37.0 Å². The van der Waals surface area contributed by atoms with E-state index >= 15 is 0 Å². The number of unbranched alkanes of at least 4 members (excludes halogenated alkanes) is 2. The van der Waals surface area contributed by atoms with Crippen molar-refractivity contribution in [2.45, 2.75) is 51.7 Å². The van der Waals surface area contributed by atoms with E-state index in [9.17, 15) is 14.7 Å². The third kappa shape index (κ3) is 5.20. The molecule has 2 aliphatic heterocycles. The number of aliphatic hydroxyl groups is 1. The zero-order valence-corrected chi connectivity index (χ0v) is 20.6. The molecule has 1 amide bonds. The lowest BCUT2D eigenvalue weighted by molar-refractivity contribution is -0.140. The molecule has 186 valence electrons. The minimum absolute atomic E-state index is 0.0575. The summed E-state index contributed by atoms with van der Waals surface area (Å²) in [6.07, 6.45) is 3.92. The van der Waals surface area contributed by atoms with Crippen molar-refractivity contribution in [2.75, 3.05) is 26.9 Å². The molecule has 2 heterocycles. The average molecular weight is 480 g/mol. The number of benzene rings is 2. The van der Waals surface area contributed by atoms with Crippen LogP contribution in [0.25, 0.3) is 5.76 Å². The maximum absolute atomic E-state index is 13.2. The molecule has 0 aliphatic carbocycles. The number of rotatable bonds is 10. The third-order valence-electron chi connectivity index (χ3n) is 6.44. The second-order valence-corrected chi connectivity index (χ2v) is 9.07. The van der Waals surface area contributed by atoms with Crippen LogP contribution in [0.15, 0.2) is 48.0 Å². The number of hydrogen-bond acceptors (Lipinski definition) is 6. The molecule has 2 aromatic rings. The van der Waals surface area contributed by atoms with E-state index in [0.29, 0.717) is 23.5 Å². The fourth-order valence-electron chi connectivity index (χ4n) is 4.69. The minimum Gasteiger partial charge on any atom is -0.507 e. The van der Waals surface area contributed by atoms with E-state index in [2.05, 4.69) is 6.92 Å². The molecule has 35 heavy (non-hydrogen) atoms. The Balaban J connectivity index is 1.73. The number of methoxy groups -OCH3 is 1. The first kappa shape index (κ1) is 24.8. The number of aliphatic hydroxyl groups excluding tert-OH is 1. The molecule has 1 saturated heterocycles. The number of ketones is 1. The number of Topliss-reactive ketones (excluding diaryl/α,β-unsaturated/α-hetero) is 1. The fourth-order valence-corrected chi connectivity index (χ4v) is 4.69. The molecule has 0 aromatic heterocycles. The standard InChI is InChI=1S/C28H33NO6/c1-4-5-6-13-34-22-9-7-8-19(17-22)25-24(27(31)28(32)29(25)12-14-33-3)26(30)20-10-11-23-21(16-20)15-18(2)35-23/h7-11,16-18,25,30H,4-6,12-15H2,1-3H3/b26-24+/t18-,25+/m1/s1. The largest absolute Gasteiger partial charge is 0.507 e. The molecule has 7 heteroatoms. The highest BCUT2D eigenvalue weighted by atomic mass is 16.5. The summed E-state index contributed by atoms with van der Waals surface area (Å²) in [5.41, 5.74) is 2.23. The Labute approximate surface area is 206 Å². The molecule has 2 atom stereocenters.